The fourth-order valence-corrected chi connectivity index (χ4v) is 3.92. The van der Waals surface area contributed by atoms with E-state index in [0.29, 0.717) is 16.5 Å². The Balaban J connectivity index is 1.51. The van der Waals surface area contributed by atoms with Crippen LogP contribution in [0.25, 0.3) is 16.8 Å². The molecule has 4 rings (SSSR count). The first kappa shape index (κ1) is 20.3. The van der Waals surface area contributed by atoms with Gasteiger partial charge in [0.1, 0.15) is 10.8 Å². The predicted molar refractivity (Wildman–Crippen MR) is 121 cm³/mol. The molecule has 0 spiro atoms. The molecule has 4 aromatic rings. The molecule has 0 aliphatic carbocycles. The number of methoxy groups -OCH3 is 1. The second-order valence-electron chi connectivity index (χ2n) is 6.64. The van der Waals surface area contributed by atoms with Crippen molar-refractivity contribution in [2.24, 2.45) is 0 Å². The van der Waals surface area contributed by atoms with Gasteiger partial charge in [-0.05, 0) is 31.2 Å². The Morgan fingerprint density at radius 2 is 2.00 bits per heavy atom. The molecule has 0 atom stereocenters. The Hall–Kier alpha value is -3.03. The van der Waals surface area contributed by atoms with E-state index in [9.17, 15) is 4.79 Å². The zero-order valence-electron chi connectivity index (χ0n) is 16.4. The zero-order valence-corrected chi connectivity index (χ0v) is 18.0. The van der Waals surface area contributed by atoms with Gasteiger partial charge in [-0.2, -0.15) is 5.10 Å². The third-order valence-corrected chi connectivity index (χ3v) is 5.71. The number of carbonyl (C=O) groups is 1. The average Bonchev–Trinajstić information content (AvgIpc) is 3.18. The van der Waals surface area contributed by atoms with Gasteiger partial charge in [0, 0.05) is 23.0 Å². The van der Waals surface area contributed by atoms with E-state index >= 15 is 0 Å². The summed E-state index contributed by atoms with van der Waals surface area (Å²) >= 11 is 7.37. The fraction of sp³-hybridized carbons (Fsp3) is 0.136. The summed E-state index contributed by atoms with van der Waals surface area (Å²) in [5, 5.41) is 8.72. The van der Waals surface area contributed by atoms with E-state index < -0.39 is 0 Å². The van der Waals surface area contributed by atoms with Crippen LogP contribution >= 0.6 is 23.4 Å². The summed E-state index contributed by atoms with van der Waals surface area (Å²) in [7, 11) is 1.55. The number of benzene rings is 2. The molecule has 1 N–H and O–H groups in total. The number of hydrogen-bond donors (Lipinski definition) is 1. The molecule has 0 unspecified atom stereocenters. The molecule has 0 aliphatic heterocycles. The van der Waals surface area contributed by atoms with Gasteiger partial charge in [-0.15, -0.1) is 0 Å². The van der Waals surface area contributed by atoms with Crippen molar-refractivity contribution in [2.75, 3.05) is 18.2 Å². The predicted octanol–water partition coefficient (Wildman–Crippen LogP) is 5.10. The van der Waals surface area contributed by atoms with Crippen molar-refractivity contribution in [3.63, 3.8) is 0 Å². The maximum absolute atomic E-state index is 12.5. The first-order valence-corrected chi connectivity index (χ1v) is 10.6. The summed E-state index contributed by atoms with van der Waals surface area (Å²) in [6.07, 6.45) is 3.48. The van der Waals surface area contributed by atoms with E-state index in [1.54, 1.807) is 42.2 Å². The minimum absolute atomic E-state index is 0.178. The smallest absolute Gasteiger partial charge is 0.234 e. The highest BCUT2D eigenvalue weighted by Crippen LogP contribution is 2.29. The van der Waals surface area contributed by atoms with Crippen LogP contribution in [0.2, 0.25) is 5.02 Å². The van der Waals surface area contributed by atoms with Crippen LogP contribution in [0.1, 0.15) is 5.56 Å². The molecule has 2 aromatic heterocycles. The van der Waals surface area contributed by atoms with Gasteiger partial charge in [0.2, 0.25) is 5.91 Å². The van der Waals surface area contributed by atoms with Gasteiger partial charge in [-0.1, -0.05) is 53.2 Å². The number of carbonyl (C=O) groups excluding carboxylic acids is 1. The highest BCUT2D eigenvalue weighted by atomic mass is 35.5. The molecular formula is C22H19ClN4O2S. The van der Waals surface area contributed by atoms with Crippen LogP contribution in [0.4, 0.5) is 5.69 Å². The van der Waals surface area contributed by atoms with E-state index in [2.05, 4.69) is 34.5 Å². The lowest BCUT2D eigenvalue weighted by molar-refractivity contribution is -0.113. The number of rotatable bonds is 6. The number of nitrogens with one attached hydrogen (secondary N) is 1. The minimum atomic E-state index is -0.178. The maximum Gasteiger partial charge on any atom is 0.234 e. The summed E-state index contributed by atoms with van der Waals surface area (Å²) in [4.78, 5) is 16.9. The number of anilines is 1. The van der Waals surface area contributed by atoms with Crippen LogP contribution in [-0.2, 0) is 4.79 Å². The van der Waals surface area contributed by atoms with Gasteiger partial charge >= 0.3 is 0 Å². The highest BCUT2D eigenvalue weighted by Gasteiger charge is 2.13. The Bertz CT molecular complexity index is 1210. The van der Waals surface area contributed by atoms with Gasteiger partial charge in [0.15, 0.2) is 0 Å². The SMILES string of the molecule is COc1ccc(Cl)cc1NC(=O)CSc1nccn2nc(-c3ccc(C)cc3)cc12. The number of aryl methyl sites for hydroxylation is 1. The van der Waals surface area contributed by atoms with Crippen molar-refractivity contribution < 1.29 is 9.53 Å². The van der Waals surface area contributed by atoms with Crippen molar-refractivity contribution >= 4 is 40.5 Å². The Kier molecular flexibility index (Phi) is 5.92. The van der Waals surface area contributed by atoms with Crippen LogP contribution in [0, 0.1) is 6.92 Å². The topological polar surface area (TPSA) is 68.5 Å². The number of nitrogens with zero attached hydrogens (tertiary/aromatic N) is 3. The van der Waals surface area contributed by atoms with E-state index in [1.807, 2.05) is 18.2 Å². The fourth-order valence-electron chi connectivity index (χ4n) is 2.97. The van der Waals surface area contributed by atoms with Gasteiger partial charge in [-0.25, -0.2) is 9.50 Å². The van der Waals surface area contributed by atoms with Crippen LogP contribution in [0.3, 0.4) is 0 Å². The van der Waals surface area contributed by atoms with E-state index in [0.717, 1.165) is 21.8 Å². The Labute approximate surface area is 183 Å². The summed E-state index contributed by atoms with van der Waals surface area (Å²) in [6, 6.07) is 15.3. The normalized spacial score (nSPS) is 10.9. The van der Waals surface area contributed by atoms with Crippen LogP contribution in [-0.4, -0.2) is 33.4 Å². The first-order chi connectivity index (χ1) is 14.5. The van der Waals surface area contributed by atoms with Gasteiger partial charge in [0.05, 0.1) is 29.8 Å². The molecule has 8 heteroatoms. The third-order valence-electron chi connectivity index (χ3n) is 4.48. The largest absolute Gasteiger partial charge is 0.495 e. The molecule has 0 saturated heterocycles. The summed E-state index contributed by atoms with van der Waals surface area (Å²) in [5.41, 5.74) is 4.48. The monoisotopic (exact) mass is 438 g/mol. The number of halogens is 1. The maximum atomic E-state index is 12.5. The van der Waals surface area contributed by atoms with Gasteiger partial charge < -0.3 is 10.1 Å². The lowest BCUT2D eigenvalue weighted by Gasteiger charge is -2.10. The number of ether oxygens (including phenoxy) is 1. The molecule has 2 aromatic carbocycles. The zero-order chi connectivity index (χ0) is 21.1. The second-order valence-corrected chi connectivity index (χ2v) is 8.04. The third kappa shape index (κ3) is 4.42. The first-order valence-electron chi connectivity index (χ1n) is 9.21. The average molecular weight is 439 g/mol. The van der Waals surface area contributed by atoms with Crippen LogP contribution in [0.15, 0.2) is 66.0 Å². The lowest BCUT2D eigenvalue weighted by atomic mass is 10.1. The molecule has 0 saturated carbocycles. The quantitative estimate of drug-likeness (QED) is 0.424. The summed E-state index contributed by atoms with van der Waals surface area (Å²) in [5.74, 6) is 0.562. The lowest BCUT2D eigenvalue weighted by Crippen LogP contribution is -2.15. The number of hydrogen-bond acceptors (Lipinski definition) is 5. The number of amides is 1. The molecule has 0 radical (unpaired) electrons. The van der Waals surface area contributed by atoms with E-state index in [4.69, 9.17) is 16.3 Å². The van der Waals surface area contributed by atoms with Crippen LogP contribution < -0.4 is 10.1 Å². The molecule has 2 heterocycles. The molecule has 0 aliphatic rings. The molecule has 0 bridgehead atoms. The Morgan fingerprint density at radius 1 is 1.20 bits per heavy atom. The van der Waals surface area contributed by atoms with Gasteiger partial charge in [0.25, 0.3) is 0 Å². The van der Waals surface area contributed by atoms with Crippen molar-refractivity contribution in [3.8, 4) is 17.0 Å². The number of aromatic nitrogens is 3. The molecule has 152 valence electrons. The van der Waals surface area contributed by atoms with Crippen molar-refractivity contribution in [3.05, 3.63) is 71.5 Å². The second kappa shape index (κ2) is 8.77. The van der Waals surface area contributed by atoms with Crippen molar-refractivity contribution in [2.45, 2.75) is 11.9 Å². The van der Waals surface area contributed by atoms with Crippen molar-refractivity contribution in [1.82, 2.24) is 14.6 Å². The van der Waals surface area contributed by atoms with Gasteiger partial charge in [-0.3, -0.25) is 4.79 Å². The molecule has 6 nitrogen and oxygen atoms in total. The number of thioether (sulfide) groups is 1. The minimum Gasteiger partial charge on any atom is -0.495 e. The molecular weight excluding hydrogens is 420 g/mol. The van der Waals surface area contributed by atoms with Crippen LogP contribution in [0.5, 0.6) is 5.75 Å². The molecule has 0 fully saturated rings. The van der Waals surface area contributed by atoms with Crippen molar-refractivity contribution in [1.29, 1.82) is 0 Å². The summed E-state index contributed by atoms with van der Waals surface area (Å²) < 4.78 is 7.05. The van der Waals surface area contributed by atoms with E-state index in [-0.39, 0.29) is 11.7 Å². The molecule has 30 heavy (non-hydrogen) atoms. The Morgan fingerprint density at radius 3 is 2.77 bits per heavy atom. The standard InChI is InChI=1S/C22H19ClN4O2S/c1-14-3-5-15(6-4-14)17-12-19-22(24-9-10-27(19)26-17)30-13-21(28)25-18-11-16(23)7-8-20(18)29-2/h3-12H,13H2,1-2H3,(H,25,28). The number of fused-ring (bicyclic) bond motifs is 1. The highest BCUT2D eigenvalue weighted by molar-refractivity contribution is 8.00. The van der Waals surface area contributed by atoms with E-state index in [1.165, 1.54) is 17.3 Å². The summed E-state index contributed by atoms with van der Waals surface area (Å²) in [6.45, 7) is 2.05. The molecule has 1 amide bonds.